The van der Waals surface area contributed by atoms with Gasteiger partial charge in [0.25, 0.3) is 5.91 Å². The van der Waals surface area contributed by atoms with Crippen LogP contribution in [0.15, 0.2) is 18.2 Å². The Bertz CT molecular complexity index is 773. The van der Waals surface area contributed by atoms with Crippen molar-refractivity contribution in [3.63, 3.8) is 0 Å². The number of carbonyl (C=O) groups is 2. The van der Waals surface area contributed by atoms with Gasteiger partial charge in [-0.1, -0.05) is 22.9 Å². The molecule has 0 bridgehead atoms. The number of nitrogens with one attached hydrogen (secondary N) is 1. The fraction of sp³-hybridized carbons (Fsp3) is 0.312. The third-order valence-corrected chi connectivity index (χ3v) is 4.80. The number of hydrogen-bond acceptors (Lipinski definition) is 5. The number of aryl methyl sites for hydroxylation is 2. The lowest BCUT2D eigenvalue weighted by molar-refractivity contribution is -0.118. The fourth-order valence-corrected chi connectivity index (χ4v) is 3.62. The van der Waals surface area contributed by atoms with Gasteiger partial charge in [-0.3, -0.25) is 14.9 Å². The number of anilines is 1. The van der Waals surface area contributed by atoms with Crippen LogP contribution in [0, 0.1) is 6.92 Å². The molecule has 1 aromatic heterocycles. The number of rotatable bonds is 4. The van der Waals surface area contributed by atoms with Crippen molar-refractivity contribution in [1.29, 1.82) is 0 Å². The molecule has 1 aliphatic rings. The molecule has 0 aliphatic heterocycles. The minimum Gasteiger partial charge on any atom is -0.483 e. The number of carbonyl (C=O) groups excluding carboxylic acids is 2. The molecule has 0 radical (unpaired) electrons. The molecule has 0 spiro atoms. The van der Waals surface area contributed by atoms with Crippen molar-refractivity contribution in [2.24, 2.45) is 0 Å². The minimum absolute atomic E-state index is 0.109. The first-order valence-corrected chi connectivity index (χ1v) is 8.44. The van der Waals surface area contributed by atoms with Crippen LogP contribution in [-0.2, 0) is 11.2 Å². The van der Waals surface area contributed by atoms with Crippen molar-refractivity contribution in [3.05, 3.63) is 39.4 Å². The minimum atomic E-state index is -0.308. The van der Waals surface area contributed by atoms with Gasteiger partial charge in [0.1, 0.15) is 5.75 Å². The lowest BCUT2D eigenvalue weighted by Crippen LogP contribution is -2.20. The molecule has 1 heterocycles. The summed E-state index contributed by atoms with van der Waals surface area (Å²) in [6, 6.07) is 5.21. The highest BCUT2D eigenvalue weighted by Gasteiger charge is 2.22. The van der Waals surface area contributed by atoms with E-state index in [1.807, 2.05) is 6.92 Å². The summed E-state index contributed by atoms with van der Waals surface area (Å²) in [4.78, 5) is 28.7. The van der Waals surface area contributed by atoms with E-state index in [0.29, 0.717) is 27.2 Å². The Labute approximate surface area is 142 Å². The molecule has 0 fully saturated rings. The molecule has 1 N–H and O–H groups in total. The van der Waals surface area contributed by atoms with Gasteiger partial charge >= 0.3 is 0 Å². The number of ketones is 1. The molecule has 1 amide bonds. The van der Waals surface area contributed by atoms with E-state index in [2.05, 4.69) is 10.3 Å². The van der Waals surface area contributed by atoms with E-state index in [0.717, 1.165) is 24.1 Å². The Balaban J connectivity index is 1.60. The van der Waals surface area contributed by atoms with Crippen LogP contribution in [0.1, 0.15) is 33.8 Å². The molecule has 0 saturated heterocycles. The molecule has 0 saturated carbocycles. The number of thiazole rings is 1. The van der Waals surface area contributed by atoms with Gasteiger partial charge < -0.3 is 4.74 Å². The number of halogens is 1. The third kappa shape index (κ3) is 3.71. The molecule has 3 rings (SSSR count). The maximum absolute atomic E-state index is 12.0. The van der Waals surface area contributed by atoms with E-state index in [4.69, 9.17) is 16.3 Å². The zero-order valence-corrected chi connectivity index (χ0v) is 14.1. The summed E-state index contributed by atoms with van der Waals surface area (Å²) < 4.78 is 5.49. The van der Waals surface area contributed by atoms with Crippen molar-refractivity contribution in [1.82, 2.24) is 4.98 Å². The molecule has 120 valence electrons. The average Bonchev–Trinajstić information content (AvgIpc) is 2.90. The van der Waals surface area contributed by atoms with Crippen molar-refractivity contribution in [3.8, 4) is 5.75 Å². The molecule has 5 nitrogen and oxygen atoms in total. The Morgan fingerprint density at radius 3 is 3.00 bits per heavy atom. The van der Waals surface area contributed by atoms with Gasteiger partial charge in [-0.2, -0.15) is 0 Å². The highest BCUT2D eigenvalue weighted by molar-refractivity contribution is 7.17. The number of aromatic nitrogens is 1. The van der Waals surface area contributed by atoms with Crippen molar-refractivity contribution >= 4 is 39.8 Å². The molecule has 1 aliphatic carbocycles. The highest BCUT2D eigenvalue weighted by Crippen LogP contribution is 2.29. The normalized spacial score (nSPS) is 13.6. The van der Waals surface area contributed by atoms with Crippen LogP contribution in [0.2, 0.25) is 5.02 Å². The number of hydrogen-bond donors (Lipinski definition) is 1. The second kappa shape index (κ2) is 6.68. The summed E-state index contributed by atoms with van der Waals surface area (Å²) in [7, 11) is 0. The monoisotopic (exact) mass is 350 g/mol. The highest BCUT2D eigenvalue weighted by atomic mass is 35.5. The molecule has 23 heavy (non-hydrogen) atoms. The van der Waals surface area contributed by atoms with Gasteiger partial charge in [0.2, 0.25) is 0 Å². The fourth-order valence-electron chi connectivity index (χ4n) is 2.40. The van der Waals surface area contributed by atoms with E-state index in [9.17, 15) is 9.59 Å². The smallest absolute Gasteiger partial charge is 0.264 e. The van der Waals surface area contributed by atoms with Crippen LogP contribution >= 0.6 is 22.9 Å². The Morgan fingerprint density at radius 1 is 1.43 bits per heavy atom. The van der Waals surface area contributed by atoms with Gasteiger partial charge in [-0.25, -0.2) is 4.98 Å². The summed E-state index contributed by atoms with van der Waals surface area (Å²) >= 11 is 7.11. The second-order valence-electron chi connectivity index (χ2n) is 5.32. The standard InChI is InChI=1S/C16H15ClN2O3S/c1-9-7-10(17)5-6-13(9)22-8-14(21)19-16-18-11-3-2-4-12(20)15(11)23-16/h5-7H,2-4,8H2,1H3,(H,18,19,21). The van der Waals surface area contributed by atoms with Crippen LogP contribution in [0.4, 0.5) is 5.13 Å². The number of amides is 1. The lowest BCUT2D eigenvalue weighted by Gasteiger charge is -2.08. The van der Waals surface area contributed by atoms with Crippen LogP contribution in [0.3, 0.4) is 0 Å². The number of nitrogens with zero attached hydrogens (tertiary/aromatic N) is 1. The first-order chi connectivity index (χ1) is 11.0. The predicted octanol–water partition coefficient (Wildman–Crippen LogP) is 3.64. The Kier molecular flexibility index (Phi) is 4.63. The number of Topliss-reactive ketones (excluding diaryl/α,β-unsaturated/α-hetero) is 1. The quantitative estimate of drug-likeness (QED) is 0.914. The van der Waals surface area contributed by atoms with Crippen LogP contribution in [0.25, 0.3) is 0 Å². The maximum atomic E-state index is 12.0. The molecule has 2 aromatic rings. The van der Waals surface area contributed by atoms with Crippen molar-refractivity contribution in [2.45, 2.75) is 26.2 Å². The van der Waals surface area contributed by atoms with E-state index in [-0.39, 0.29) is 18.3 Å². The Morgan fingerprint density at radius 2 is 2.26 bits per heavy atom. The topological polar surface area (TPSA) is 68.3 Å². The summed E-state index contributed by atoms with van der Waals surface area (Å²) in [6.07, 6.45) is 2.16. The summed E-state index contributed by atoms with van der Waals surface area (Å²) in [5.74, 6) is 0.411. The zero-order chi connectivity index (χ0) is 16.4. The van der Waals surface area contributed by atoms with Gasteiger partial charge in [0, 0.05) is 11.4 Å². The first kappa shape index (κ1) is 16.0. The maximum Gasteiger partial charge on any atom is 0.264 e. The zero-order valence-electron chi connectivity index (χ0n) is 12.5. The molecular weight excluding hydrogens is 336 g/mol. The summed E-state index contributed by atoms with van der Waals surface area (Å²) in [6.45, 7) is 1.74. The molecule has 0 atom stereocenters. The second-order valence-corrected chi connectivity index (χ2v) is 6.75. The van der Waals surface area contributed by atoms with Crippen LogP contribution in [0.5, 0.6) is 5.75 Å². The van der Waals surface area contributed by atoms with E-state index in [1.54, 1.807) is 18.2 Å². The van der Waals surface area contributed by atoms with Gasteiger partial charge in [0.05, 0.1) is 10.6 Å². The summed E-state index contributed by atoms with van der Waals surface area (Å²) in [5, 5.41) is 3.76. The van der Waals surface area contributed by atoms with Crippen molar-refractivity contribution in [2.75, 3.05) is 11.9 Å². The number of benzene rings is 1. The molecule has 1 aromatic carbocycles. The summed E-state index contributed by atoms with van der Waals surface area (Å²) in [5.41, 5.74) is 1.65. The van der Waals surface area contributed by atoms with Crippen molar-refractivity contribution < 1.29 is 14.3 Å². The largest absolute Gasteiger partial charge is 0.483 e. The lowest BCUT2D eigenvalue weighted by atomic mass is 10.0. The van der Waals surface area contributed by atoms with Gasteiger partial charge in [-0.05, 0) is 43.5 Å². The number of fused-ring (bicyclic) bond motifs is 1. The SMILES string of the molecule is Cc1cc(Cl)ccc1OCC(=O)Nc1nc2c(s1)C(=O)CCC2. The van der Waals surface area contributed by atoms with Crippen LogP contribution < -0.4 is 10.1 Å². The van der Waals surface area contributed by atoms with Gasteiger partial charge in [-0.15, -0.1) is 0 Å². The third-order valence-electron chi connectivity index (χ3n) is 3.51. The van der Waals surface area contributed by atoms with E-state index >= 15 is 0 Å². The molecule has 7 heteroatoms. The first-order valence-electron chi connectivity index (χ1n) is 7.24. The molecule has 0 unspecified atom stereocenters. The van der Waals surface area contributed by atoms with Crippen LogP contribution in [-0.4, -0.2) is 23.3 Å². The van der Waals surface area contributed by atoms with E-state index in [1.165, 1.54) is 11.3 Å². The average molecular weight is 351 g/mol. The Hall–Kier alpha value is -1.92. The number of ether oxygens (including phenoxy) is 1. The van der Waals surface area contributed by atoms with Gasteiger partial charge in [0.15, 0.2) is 17.5 Å². The molecular formula is C16H15ClN2O3S. The predicted molar refractivity (Wildman–Crippen MR) is 89.7 cm³/mol. The van der Waals surface area contributed by atoms with E-state index < -0.39 is 0 Å².